The summed E-state index contributed by atoms with van der Waals surface area (Å²) in [4.78, 5) is 4.46. The molecule has 0 saturated heterocycles. The number of hydrogen-bond acceptors (Lipinski definition) is 3. The van der Waals surface area contributed by atoms with Gasteiger partial charge in [-0.1, -0.05) is 24.6 Å². The minimum absolute atomic E-state index is 0.156. The number of aromatic nitrogens is 3. The van der Waals surface area contributed by atoms with Gasteiger partial charge in [-0.25, -0.2) is 0 Å². The molecule has 1 unspecified atom stereocenters. The lowest BCUT2D eigenvalue weighted by Gasteiger charge is -2.18. The molecule has 4 nitrogen and oxygen atoms in total. The molecule has 2 aromatic heterocycles. The van der Waals surface area contributed by atoms with Crippen molar-refractivity contribution in [1.29, 1.82) is 0 Å². The highest BCUT2D eigenvalue weighted by atomic mass is 35.5. The van der Waals surface area contributed by atoms with Gasteiger partial charge < -0.3 is 5.32 Å². The Morgan fingerprint density at radius 2 is 2.20 bits per heavy atom. The number of rotatable bonds is 6. The second kappa shape index (κ2) is 6.86. The van der Waals surface area contributed by atoms with Crippen LogP contribution in [-0.4, -0.2) is 21.3 Å². The van der Waals surface area contributed by atoms with E-state index in [2.05, 4.69) is 22.3 Å². The van der Waals surface area contributed by atoms with Crippen molar-refractivity contribution < 1.29 is 0 Å². The van der Waals surface area contributed by atoms with E-state index in [1.165, 1.54) is 0 Å². The van der Waals surface area contributed by atoms with Crippen molar-refractivity contribution in [3.63, 3.8) is 0 Å². The highest BCUT2D eigenvalue weighted by Crippen LogP contribution is 2.24. The average molecular weight is 293 g/mol. The Morgan fingerprint density at radius 1 is 1.40 bits per heavy atom. The van der Waals surface area contributed by atoms with Gasteiger partial charge in [0.1, 0.15) is 0 Å². The van der Waals surface area contributed by atoms with Crippen LogP contribution in [0.5, 0.6) is 0 Å². The molecule has 0 aliphatic carbocycles. The maximum absolute atomic E-state index is 6.35. The third-order valence-electron chi connectivity index (χ3n) is 3.34. The van der Waals surface area contributed by atoms with Crippen LogP contribution in [0.1, 0.15) is 36.5 Å². The Kier molecular flexibility index (Phi) is 5.15. The zero-order valence-corrected chi connectivity index (χ0v) is 13.0. The van der Waals surface area contributed by atoms with E-state index in [1.807, 2.05) is 43.0 Å². The van der Waals surface area contributed by atoms with E-state index in [4.69, 9.17) is 11.6 Å². The molecule has 0 aliphatic rings. The molecule has 0 aliphatic heterocycles. The van der Waals surface area contributed by atoms with E-state index in [0.29, 0.717) is 0 Å². The summed E-state index contributed by atoms with van der Waals surface area (Å²) < 4.78 is 1.86. The second-order valence-electron chi connectivity index (χ2n) is 4.94. The summed E-state index contributed by atoms with van der Waals surface area (Å²) in [6, 6.07) is 6.15. The van der Waals surface area contributed by atoms with Crippen LogP contribution in [0.15, 0.2) is 24.4 Å². The van der Waals surface area contributed by atoms with Crippen LogP contribution in [0.4, 0.5) is 0 Å². The van der Waals surface area contributed by atoms with Crippen LogP contribution in [-0.2, 0) is 13.5 Å². The van der Waals surface area contributed by atoms with Gasteiger partial charge >= 0.3 is 0 Å². The van der Waals surface area contributed by atoms with Gasteiger partial charge in [0.2, 0.25) is 0 Å². The Morgan fingerprint density at radius 3 is 2.75 bits per heavy atom. The van der Waals surface area contributed by atoms with E-state index >= 15 is 0 Å². The fraction of sp³-hybridized carbons (Fsp3) is 0.467. The predicted molar refractivity (Wildman–Crippen MR) is 81.9 cm³/mol. The zero-order valence-electron chi connectivity index (χ0n) is 12.2. The predicted octanol–water partition coefficient (Wildman–Crippen LogP) is 3.06. The standard InChI is InChI=1S/C15H21ClN4/c1-4-8-17-13(12-7-5-6-9-18-12)10-14-15(16)11(2)19-20(14)3/h5-7,9,13,17H,4,8,10H2,1-3H3. The molecule has 0 amide bonds. The highest BCUT2D eigenvalue weighted by molar-refractivity contribution is 6.31. The molecule has 0 fully saturated rings. The molecule has 0 radical (unpaired) electrons. The smallest absolute Gasteiger partial charge is 0.0847 e. The van der Waals surface area contributed by atoms with E-state index in [9.17, 15) is 0 Å². The molecular formula is C15H21ClN4. The van der Waals surface area contributed by atoms with E-state index in [-0.39, 0.29) is 6.04 Å². The minimum Gasteiger partial charge on any atom is -0.308 e. The lowest BCUT2D eigenvalue weighted by atomic mass is 10.1. The molecule has 20 heavy (non-hydrogen) atoms. The van der Waals surface area contributed by atoms with Crippen molar-refractivity contribution in [1.82, 2.24) is 20.1 Å². The van der Waals surface area contributed by atoms with Crippen molar-refractivity contribution in [2.24, 2.45) is 7.05 Å². The number of halogens is 1. The average Bonchev–Trinajstić information content (AvgIpc) is 2.70. The minimum atomic E-state index is 0.156. The SMILES string of the molecule is CCCNC(Cc1c(Cl)c(C)nn1C)c1ccccn1. The summed E-state index contributed by atoms with van der Waals surface area (Å²) in [6.07, 6.45) is 3.70. The topological polar surface area (TPSA) is 42.7 Å². The van der Waals surface area contributed by atoms with Crippen molar-refractivity contribution in [3.05, 3.63) is 46.5 Å². The molecule has 0 saturated carbocycles. The van der Waals surface area contributed by atoms with Gasteiger partial charge in [-0.2, -0.15) is 5.10 Å². The molecule has 0 aromatic carbocycles. The van der Waals surface area contributed by atoms with Crippen LogP contribution in [0.2, 0.25) is 5.02 Å². The number of hydrogen-bond donors (Lipinski definition) is 1. The molecule has 0 bridgehead atoms. The number of aryl methyl sites for hydroxylation is 2. The molecule has 5 heteroatoms. The Hall–Kier alpha value is -1.39. The third-order valence-corrected chi connectivity index (χ3v) is 3.84. The molecule has 0 spiro atoms. The van der Waals surface area contributed by atoms with Gasteiger partial charge in [0.25, 0.3) is 0 Å². The van der Waals surface area contributed by atoms with Gasteiger partial charge in [-0.15, -0.1) is 0 Å². The van der Waals surface area contributed by atoms with Crippen LogP contribution < -0.4 is 5.32 Å². The van der Waals surface area contributed by atoms with E-state index < -0.39 is 0 Å². The third kappa shape index (κ3) is 3.38. The molecule has 2 rings (SSSR count). The van der Waals surface area contributed by atoms with Crippen molar-refractivity contribution in [2.75, 3.05) is 6.54 Å². The van der Waals surface area contributed by atoms with Gasteiger partial charge in [-0.3, -0.25) is 9.67 Å². The largest absolute Gasteiger partial charge is 0.308 e. The Labute approximate surface area is 125 Å². The zero-order chi connectivity index (χ0) is 14.5. The van der Waals surface area contributed by atoms with Crippen LogP contribution >= 0.6 is 11.6 Å². The van der Waals surface area contributed by atoms with E-state index in [0.717, 1.165) is 41.5 Å². The van der Waals surface area contributed by atoms with Crippen LogP contribution in [0.25, 0.3) is 0 Å². The molecule has 1 N–H and O–H groups in total. The van der Waals surface area contributed by atoms with Gasteiger partial charge in [0.15, 0.2) is 0 Å². The first-order valence-electron chi connectivity index (χ1n) is 6.95. The van der Waals surface area contributed by atoms with Gasteiger partial charge in [0, 0.05) is 19.7 Å². The first kappa shape index (κ1) is 15.0. The maximum atomic E-state index is 6.35. The summed E-state index contributed by atoms with van der Waals surface area (Å²) in [5, 5.41) is 8.67. The summed E-state index contributed by atoms with van der Waals surface area (Å²) in [6.45, 7) is 5.04. The lowest BCUT2D eigenvalue weighted by Crippen LogP contribution is -2.25. The second-order valence-corrected chi connectivity index (χ2v) is 5.31. The maximum Gasteiger partial charge on any atom is 0.0847 e. The molecular weight excluding hydrogens is 272 g/mol. The normalized spacial score (nSPS) is 12.6. The van der Waals surface area contributed by atoms with Crippen LogP contribution in [0, 0.1) is 6.92 Å². The summed E-state index contributed by atoms with van der Waals surface area (Å²) in [5.74, 6) is 0. The molecule has 108 valence electrons. The fourth-order valence-electron chi connectivity index (χ4n) is 2.28. The van der Waals surface area contributed by atoms with Crippen LogP contribution in [0.3, 0.4) is 0 Å². The lowest BCUT2D eigenvalue weighted by molar-refractivity contribution is 0.502. The summed E-state index contributed by atoms with van der Waals surface area (Å²) in [5.41, 5.74) is 2.96. The molecule has 2 heterocycles. The number of pyridine rings is 1. The van der Waals surface area contributed by atoms with Gasteiger partial charge in [0.05, 0.1) is 28.1 Å². The monoisotopic (exact) mass is 292 g/mol. The van der Waals surface area contributed by atoms with Gasteiger partial charge in [-0.05, 0) is 32.0 Å². The fourth-order valence-corrected chi connectivity index (χ4v) is 2.51. The Balaban J connectivity index is 2.24. The first-order chi connectivity index (χ1) is 9.63. The number of nitrogens with one attached hydrogen (secondary N) is 1. The summed E-state index contributed by atoms with van der Waals surface area (Å²) in [7, 11) is 1.93. The molecule has 2 aromatic rings. The van der Waals surface area contributed by atoms with Crippen molar-refractivity contribution in [2.45, 2.75) is 32.7 Å². The highest BCUT2D eigenvalue weighted by Gasteiger charge is 2.18. The first-order valence-corrected chi connectivity index (χ1v) is 7.33. The summed E-state index contributed by atoms with van der Waals surface area (Å²) >= 11 is 6.35. The quantitative estimate of drug-likeness (QED) is 0.890. The van der Waals surface area contributed by atoms with E-state index in [1.54, 1.807) is 0 Å². The number of nitrogens with zero attached hydrogens (tertiary/aromatic N) is 3. The van der Waals surface area contributed by atoms with Crippen molar-refractivity contribution in [3.8, 4) is 0 Å². The Bertz CT molecular complexity index is 551. The molecule has 1 atom stereocenters. The van der Waals surface area contributed by atoms with Crippen molar-refractivity contribution >= 4 is 11.6 Å².